The maximum atomic E-state index is 13.2. The zero-order chi connectivity index (χ0) is 23.9. The van der Waals surface area contributed by atoms with Gasteiger partial charge in [0, 0.05) is 23.2 Å². The molecule has 0 spiro atoms. The Bertz CT molecular complexity index is 1430. The molecule has 174 valence electrons. The molecule has 1 N–H and O–H groups in total. The van der Waals surface area contributed by atoms with Gasteiger partial charge in [0.1, 0.15) is 11.5 Å². The van der Waals surface area contributed by atoms with Crippen molar-refractivity contribution in [3.8, 4) is 0 Å². The van der Waals surface area contributed by atoms with Gasteiger partial charge in [-0.2, -0.15) is 0 Å². The van der Waals surface area contributed by atoms with Crippen LogP contribution in [0.2, 0.25) is 0 Å². The van der Waals surface area contributed by atoms with E-state index in [0.29, 0.717) is 33.7 Å². The summed E-state index contributed by atoms with van der Waals surface area (Å²) in [6.07, 6.45) is 4.97. The van der Waals surface area contributed by atoms with Gasteiger partial charge in [-0.1, -0.05) is 18.2 Å². The average molecular weight is 478 g/mol. The normalized spacial score (nSPS) is 16.1. The number of fused-ring (bicyclic) bond motifs is 2. The quantitative estimate of drug-likeness (QED) is 0.431. The van der Waals surface area contributed by atoms with Crippen LogP contribution in [-0.2, 0) is 38.0 Å². The molecule has 0 saturated carbocycles. The highest BCUT2D eigenvalue weighted by Crippen LogP contribution is 2.38. The van der Waals surface area contributed by atoms with Gasteiger partial charge in [0.05, 0.1) is 28.9 Å². The minimum atomic E-state index is -3.62. The molecule has 2 aliphatic rings. The van der Waals surface area contributed by atoms with Crippen molar-refractivity contribution in [3.05, 3.63) is 82.3 Å². The first kappa shape index (κ1) is 22.2. The third kappa shape index (κ3) is 3.94. The van der Waals surface area contributed by atoms with E-state index < -0.39 is 15.8 Å². The third-order valence-electron chi connectivity index (χ3n) is 6.25. The Morgan fingerprint density at radius 2 is 1.88 bits per heavy atom. The topological polar surface area (TPSA) is 103 Å². The summed E-state index contributed by atoms with van der Waals surface area (Å²) in [6, 6.07) is 13.1. The van der Waals surface area contributed by atoms with Crippen LogP contribution in [0.15, 0.2) is 57.8 Å². The van der Waals surface area contributed by atoms with Gasteiger partial charge in [0.2, 0.25) is 0 Å². The lowest BCUT2D eigenvalue weighted by Gasteiger charge is -2.11. The molecule has 0 bridgehead atoms. The van der Waals surface area contributed by atoms with Crippen LogP contribution in [0.4, 0.5) is 5.69 Å². The van der Waals surface area contributed by atoms with Gasteiger partial charge in [-0.3, -0.25) is 4.79 Å². The highest BCUT2D eigenvalue weighted by Gasteiger charge is 2.30. The number of methoxy groups -OCH3 is 1. The van der Waals surface area contributed by atoms with E-state index in [9.17, 15) is 18.0 Å². The minimum Gasteiger partial charge on any atom is -0.465 e. The number of aryl methyl sites for hydroxylation is 1. The molecule has 1 aliphatic heterocycles. The Morgan fingerprint density at radius 1 is 1.12 bits per heavy atom. The molecule has 7 nitrogen and oxygen atoms in total. The molecule has 2 heterocycles. The molecule has 0 unspecified atom stereocenters. The fourth-order valence-corrected chi connectivity index (χ4v) is 5.97. The molecule has 3 aromatic rings. The van der Waals surface area contributed by atoms with Crippen molar-refractivity contribution >= 4 is 39.1 Å². The Balaban J connectivity index is 1.61. The lowest BCUT2D eigenvalue weighted by Crippen LogP contribution is -2.09. The number of esters is 1. The van der Waals surface area contributed by atoms with Crippen LogP contribution in [-0.4, -0.2) is 27.4 Å². The number of hydrogen-bond donors (Lipinski definition) is 1. The number of carbonyl (C=O) groups excluding carboxylic acids is 2. The van der Waals surface area contributed by atoms with Crippen molar-refractivity contribution in [2.24, 2.45) is 0 Å². The second-order valence-corrected chi connectivity index (χ2v) is 10.4. The van der Waals surface area contributed by atoms with Crippen molar-refractivity contribution in [1.82, 2.24) is 0 Å². The monoisotopic (exact) mass is 477 g/mol. The summed E-state index contributed by atoms with van der Waals surface area (Å²) in [5.41, 5.74) is 3.24. The van der Waals surface area contributed by atoms with Gasteiger partial charge < -0.3 is 14.5 Å². The van der Waals surface area contributed by atoms with Gasteiger partial charge in [0.25, 0.3) is 5.91 Å². The van der Waals surface area contributed by atoms with E-state index in [-0.39, 0.29) is 16.6 Å². The zero-order valence-corrected chi connectivity index (χ0v) is 19.4. The van der Waals surface area contributed by atoms with Crippen LogP contribution < -0.4 is 5.32 Å². The second kappa shape index (κ2) is 8.61. The van der Waals surface area contributed by atoms with Crippen LogP contribution in [0, 0.1) is 0 Å². The van der Waals surface area contributed by atoms with Crippen molar-refractivity contribution in [2.75, 3.05) is 12.4 Å². The van der Waals surface area contributed by atoms with Crippen LogP contribution in [0.5, 0.6) is 0 Å². The number of nitrogens with one attached hydrogen (secondary N) is 1. The SMILES string of the molecule is COC(=O)c1ccc2c(c1)C(=Cc1oc3c(c1CS(=O)(=O)c1ccccc1)CCCC3)C(=O)N2. The van der Waals surface area contributed by atoms with Gasteiger partial charge in [-0.05, 0) is 61.2 Å². The number of benzene rings is 2. The van der Waals surface area contributed by atoms with Crippen LogP contribution in [0.3, 0.4) is 0 Å². The summed E-state index contributed by atoms with van der Waals surface area (Å²) in [5.74, 6) is 0.0741. The second-order valence-electron chi connectivity index (χ2n) is 8.39. The van der Waals surface area contributed by atoms with E-state index in [4.69, 9.17) is 9.15 Å². The summed E-state index contributed by atoms with van der Waals surface area (Å²) in [5, 5.41) is 2.79. The summed E-state index contributed by atoms with van der Waals surface area (Å²) >= 11 is 0. The first-order chi connectivity index (χ1) is 16.4. The third-order valence-corrected chi connectivity index (χ3v) is 7.91. The number of sulfone groups is 1. The summed E-state index contributed by atoms with van der Waals surface area (Å²) in [4.78, 5) is 25.0. The molecule has 5 rings (SSSR count). The molecule has 0 atom stereocenters. The van der Waals surface area contributed by atoms with Crippen molar-refractivity contribution < 1.29 is 27.2 Å². The number of anilines is 1. The van der Waals surface area contributed by atoms with Crippen molar-refractivity contribution in [2.45, 2.75) is 36.3 Å². The van der Waals surface area contributed by atoms with Gasteiger partial charge in [-0.15, -0.1) is 0 Å². The lowest BCUT2D eigenvalue weighted by atomic mass is 9.94. The van der Waals surface area contributed by atoms with Crippen molar-refractivity contribution in [1.29, 1.82) is 0 Å². The fourth-order valence-electron chi connectivity index (χ4n) is 4.54. The predicted octanol–water partition coefficient (Wildman–Crippen LogP) is 4.41. The maximum absolute atomic E-state index is 13.2. The van der Waals surface area contributed by atoms with Gasteiger partial charge in [-0.25, -0.2) is 13.2 Å². The molecule has 1 amide bonds. The average Bonchev–Trinajstić information content (AvgIpc) is 3.35. The standard InChI is InChI=1S/C26H23NO6S/c1-32-26(29)16-11-12-22-19(13-16)20(25(28)27-22)14-24-21(18-9-5-6-10-23(18)33-24)15-34(30,31)17-7-3-2-4-8-17/h2-4,7-8,11-14H,5-6,9-10,15H2,1H3,(H,27,28). The molecule has 0 saturated heterocycles. The van der Waals surface area contributed by atoms with E-state index in [1.54, 1.807) is 54.6 Å². The maximum Gasteiger partial charge on any atom is 0.337 e. The van der Waals surface area contributed by atoms with E-state index in [2.05, 4.69) is 5.32 Å². The van der Waals surface area contributed by atoms with Crippen LogP contribution >= 0.6 is 0 Å². The first-order valence-corrected chi connectivity index (χ1v) is 12.7. The smallest absolute Gasteiger partial charge is 0.337 e. The lowest BCUT2D eigenvalue weighted by molar-refractivity contribution is -0.110. The summed E-state index contributed by atoms with van der Waals surface area (Å²) in [6.45, 7) is 0. The van der Waals surface area contributed by atoms with Crippen molar-refractivity contribution in [3.63, 3.8) is 0 Å². The zero-order valence-electron chi connectivity index (χ0n) is 18.6. The minimum absolute atomic E-state index is 0.217. The predicted molar refractivity (Wildman–Crippen MR) is 127 cm³/mol. The van der Waals surface area contributed by atoms with E-state index >= 15 is 0 Å². The number of ether oxygens (including phenoxy) is 1. The Hall–Kier alpha value is -3.65. The number of rotatable bonds is 5. The molecular weight excluding hydrogens is 454 g/mol. The first-order valence-electron chi connectivity index (χ1n) is 11.0. The molecule has 2 aromatic carbocycles. The molecule has 0 fully saturated rings. The van der Waals surface area contributed by atoms with E-state index in [1.807, 2.05) is 0 Å². The van der Waals surface area contributed by atoms with Crippen LogP contribution in [0.1, 0.15) is 51.4 Å². The number of amides is 1. The molecule has 1 aliphatic carbocycles. The Labute approximate surface area is 197 Å². The molecule has 34 heavy (non-hydrogen) atoms. The largest absolute Gasteiger partial charge is 0.465 e. The Morgan fingerprint density at radius 3 is 2.65 bits per heavy atom. The summed E-state index contributed by atoms with van der Waals surface area (Å²) in [7, 11) is -2.33. The van der Waals surface area contributed by atoms with Crippen LogP contribution in [0.25, 0.3) is 11.6 Å². The summed E-state index contributed by atoms with van der Waals surface area (Å²) < 4.78 is 37.3. The Kier molecular flexibility index (Phi) is 5.61. The highest BCUT2D eigenvalue weighted by molar-refractivity contribution is 7.90. The molecule has 0 radical (unpaired) electrons. The molecule has 8 heteroatoms. The number of furan rings is 1. The highest BCUT2D eigenvalue weighted by atomic mass is 32.2. The molecular formula is C26H23NO6S. The number of carbonyl (C=O) groups is 2. The van der Waals surface area contributed by atoms with E-state index in [1.165, 1.54) is 7.11 Å². The molecule has 1 aromatic heterocycles. The fraction of sp³-hybridized carbons (Fsp3) is 0.231. The number of hydrogen-bond acceptors (Lipinski definition) is 6. The van der Waals surface area contributed by atoms with Gasteiger partial charge >= 0.3 is 5.97 Å². The van der Waals surface area contributed by atoms with E-state index in [0.717, 1.165) is 37.0 Å². The van der Waals surface area contributed by atoms with Gasteiger partial charge in [0.15, 0.2) is 9.84 Å².